The number of nitrogens with zero attached hydrogens (tertiary/aromatic N) is 4. The summed E-state index contributed by atoms with van der Waals surface area (Å²) in [5, 5.41) is 4.33. The number of hydrogen-bond donors (Lipinski definition) is 1. The van der Waals surface area contributed by atoms with Crippen LogP contribution in [0.1, 0.15) is 12.8 Å². The van der Waals surface area contributed by atoms with Gasteiger partial charge in [0.1, 0.15) is 18.5 Å². The molecule has 2 atom stereocenters. The van der Waals surface area contributed by atoms with Gasteiger partial charge in [0, 0.05) is 54.4 Å². The summed E-state index contributed by atoms with van der Waals surface area (Å²) in [4.78, 5) is 36.4. The number of pyridine rings is 1. The van der Waals surface area contributed by atoms with Gasteiger partial charge in [0.15, 0.2) is 6.10 Å². The van der Waals surface area contributed by atoms with Crippen molar-refractivity contribution < 1.29 is 14.3 Å². The van der Waals surface area contributed by atoms with E-state index in [0.29, 0.717) is 39.7 Å². The van der Waals surface area contributed by atoms with Gasteiger partial charge in [0.25, 0.3) is 11.5 Å². The molecule has 1 N–H and O–H groups in total. The van der Waals surface area contributed by atoms with E-state index in [1.54, 1.807) is 25.4 Å². The Morgan fingerprint density at radius 1 is 1.21 bits per heavy atom. The Bertz CT molecular complexity index is 1260. The maximum atomic E-state index is 13.0. The van der Waals surface area contributed by atoms with E-state index in [2.05, 4.69) is 15.3 Å². The fraction of sp³-hybridized carbons (Fsp3) is 0.391. The smallest absolute Gasteiger partial charge is 0.259 e. The number of carbonyl (C=O) groups is 1. The first-order chi connectivity index (χ1) is 16.0. The molecular formula is C23H24ClN5O4. The SMILES string of the molecule is Cn1c(=O)c(-c2ccccc2Cl)cc2cnc(NC[C@H]3OCO[C@@H]3C(=O)N3CCCC3)nc21. The zero-order valence-electron chi connectivity index (χ0n) is 18.2. The standard InChI is InChI=1S/C23H24ClN5O4/c1-28-20-14(10-16(21(28)30)15-6-2-3-7-17(15)24)11-25-23(27-20)26-12-18-19(33-13-32-18)22(31)29-8-4-5-9-29/h2-3,6-7,10-11,18-19H,4-5,8-9,12-13H2,1H3,(H,25,26,27)/t18-,19+/m1/s1. The second-order valence-electron chi connectivity index (χ2n) is 8.20. The van der Waals surface area contributed by atoms with Gasteiger partial charge in [-0.2, -0.15) is 4.98 Å². The fourth-order valence-corrected chi connectivity index (χ4v) is 4.54. The van der Waals surface area contributed by atoms with Crippen molar-refractivity contribution in [1.29, 1.82) is 0 Å². The predicted octanol–water partition coefficient (Wildman–Crippen LogP) is 2.42. The van der Waals surface area contributed by atoms with E-state index in [4.69, 9.17) is 21.1 Å². The molecule has 5 rings (SSSR count). The van der Waals surface area contributed by atoms with Crippen LogP contribution in [0.4, 0.5) is 5.95 Å². The molecule has 2 aromatic heterocycles. The van der Waals surface area contributed by atoms with E-state index in [-0.39, 0.29) is 18.3 Å². The van der Waals surface area contributed by atoms with Gasteiger partial charge in [0.05, 0.1) is 0 Å². The minimum absolute atomic E-state index is 0.0364. The highest BCUT2D eigenvalue weighted by atomic mass is 35.5. The minimum Gasteiger partial charge on any atom is -0.351 e. The van der Waals surface area contributed by atoms with Crippen molar-refractivity contribution in [3.05, 3.63) is 51.9 Å². The van der Waals surface area contributed by atoms with Gasteiger partial charge in [-0.25, -0.2) is 4.98 Å². The Morgan fingerprint density at radius 2 is 2.00 bits per heavy atom. The minimum atomic E-state index is -0.640. The molecule has 1 amide bonds. The average Bonchev–Trinajstić information content (AvgIpc) is 3.53. The molecule has 2 aliphatic heterocycles. The Labute approximate surface area is 195 Å². The number of benzene rings is 1. The number of carbonyl (C=O) groups excluding carboxylic acids is 1. The van der Waals surface area contributed by atoms with Gasteiger partial charge in [-0.3, -0.25) is 14.2 Å². The first-order valence-electron chi connectivity index (χ1n) is 10.9. The highest BCUT2D eigenvalue weighted by molar-refractivity contribution is 6.33. The summed E-state index contributed by atoms with van der Waals surface area (Å²) in [6.07, 6.45) is 2.61. The van der Waals surface area contributed by atoms with Crippen molar-refractivity contribution in [3.63, 3.8) is 0 Å². The van der Waals surface area contributed by atoms with Crippen LogP contribution in [0.5, 0.6) is 0 Å². The largest absolute Gasteiger partial charge is 0.351 e. The number of hydrogen-bond acceptors (Lipinski definition) is 7. The van der Waals surface area contributed by atoms with Crippen molar-refractivity contribution in [2.45, 2.75) is 25.0 Å². The van der Waals surface area contributed by atoms with Gasteiger partial charge in [-0.1, -0.05) is 29.8 Å². The monoisotopic (exact) mass is 469 g/mol. The van der Waals surface area contributed by atoms with Crippen LogP contribution in [0, 0.1) is 0 Å². The summed E-state index contributed by atoms with van der Waals surface area (Å²) in [5.74, 6) is 0.302. The number of likely N-dealkylation sites (tertiary alicyclic amines) is 1. The predicted molar refractivity (Wildman–Crippen MR) is 124 cm³/mol. The third-order valence-electron chi connectivity index (χ3n) is 6.10. The second-order valence-corrected chi connectivity index (χ2v) is 8.61. The van der Waals surface area contributed by atoms with Crippen LogP contribution in [0.25, 0.3) is 22.2 Å². The quantitative estimate of drug-likeness (QED) is 0.612. The first-order valence-corrected chi connectivity index (χ1v) is 11.3. The average molecular weight is 470 g/mol. The molecule has 0 unspecified atom stereocenters. The molecule has 0 bridgehead atoms. The van der Waals surface area contributed by atoms with E-state index in [9.17, 15) is 9.59 Å². The lowest BCUT2D eigenvalue weighted by atomic mass is 10.1. The van der Waals surface area contributed by atoms with E-state index in [1.165, 1.54) is 4.57 Å². The Hall–Kier alpha value is -3.01. The summed E-state index contributed by atoms with van der Waals surface area (Å²) in [7, 11) is 1.67. The molecule has 172 valence electrons. The number of nitrogens with one attached hydrogen (secondary N) is 1. The lowest BCUT2D eigenvalue weighted by molar-refractivity contribution is -0.140. The third-order valence-corrected chi connectivity index (χ3v) is 6.43. The Morgan fingerprint density at radius 3 is 2.79 bits per heavy atom. The zero-order chi connectivity index (χ0) is 22.9. The molecule has 2 fully saturated rings. The van der Waals surface area contributed by atoms with Crippen LogP contribution < -0.4 is 10.9 Å². The molecule has 1 aromatic carbocycles. The van der Waals surface area contributed by atoms with Gasteiger partial charge in [-0.15, -0.1) is 0 Å². The van der Waals surface area contributed by atoms with Crippen LogP contribution in [0.3, 0.4) is 0 Å². The molecule has 0 radical (unpaired) electrons. The van der Waals surface area contributed by atoms with Crippen LogP contribution in [-0.2, 0) is 21.3 Å². The van der Waals surface area contributed by atoms with Crippen LogP contribution >= 0.6 is 11.6 Å². The number of ether oxygens (including phenoxy) is 2. The van der Waals surface area contributed by atoms with Crippen LogP contribution in [0.15, 0.2) is 41.3 Å². The summed E-state index contributed by atoms with van der Waals surface area (Å²) in [6.45, 7) is 1.91. The molecule has 0 saturated carbocycles. The first kappa shape index (κ1) is 21.8. The van der Waals surface area contributed by atoms with E-state index < -0.39 is 12.2 Å². The molecule has 3 aromatic rings. The lowest BCUT2D eigenvalue weighted by Crippen LogP contribution is -2.44. The fourth-order valence-electron chi connectivity index (χ4n) is 4.30. The molecule has 9 nitrogen and oxygen atoms in total. The molecule has 4 heterocycles. The van der Waals surface area contributed by atoms with E-state index in [0.717, 1.165) is 25.9 Å². The van der Waals surface area contributed by atoms with Gasteiger partial charge >= 0.3 is 0 Å². The van der Waals surface area contributed by atoms with Gasteiger partial charge in [-0.05, 0) is 25.0 Å². The number of anilines is 1. The van der Waals surface area contributed by atoms with Crippen LogP contribution in [-0.4, -0.2) is 64.0 Å². The highest BCUT2D eigenvalue weighted by Gasteiger charge is 2.38. The second kappa shape index (κ2) is 9.09. The molecule has 0 spiro atoms. The van der Waals surface area contributed by atoms with Crippen molar-refractivity contribution >= 4 is 34.5 Å². The van der Waals surface area contributed by atoms with Crippen molar-refractivity contribution in [2.24, 2.45) is 7.05 Å². The maximum Gasteiger partial charge on any atom is 0.259 e. The summed E-state index contributed by atoms with van der Waals surface area (Å²) < 4.78 is 12.6. The number of aryl methyl sites for hydroxylation is 1. The Kier molecular flexibility index (Phi) is 6.01. The van der Waals surface area contributed by atoms with Crippen molar-refractivity contribution in [2.75, 3.05) is 31.7 Å². The van der Waals surface area contributed by atoms with Crippen molar-refractivity contribution in [1.82, 2.24) is 19.4 Å². The number of halogens is 1. The highest BCUT2D eigenvalue weighted by Crippen LogP contribution is 2.27. The number of amides is 1. The van der Waals surface area contributed by atoms with Gasteiger partial charge in [0.2, 0.25) is 5.95 Å². The zero-order valence-corrected chi connectivity index (χ0v) is 18.9. The van der Waals surface area contributed by atoms with Gasteiger partial charge < -0.3 is 19.7 Å². The normalized spacial score (nSPS) is 20.5. The molecular weight excluding hydrogens is 446 g/mol. The summed E-state index contributed by atoms with van der Waals surface area (Å²) in [5.41, 5.74) is 1.43. The van der Waals surface area contributed by atoms with E-state index in [1.807, 2.05) is 23.1 Å². The molecule has 2 saturated heterocycles. The summed E-state index contributed by atoms with van der Waals surface area (Å²) in [6, 6.07) is 8.97. The number of aromatic nitrogens is 3. The van der Waals surface area contributed by atoms with Crippen molar-refractivity contribution in [3.8, 4) is 11.1 Å². The van der Waals surface area contributed by atoms with E-state index >= 15 is 0 Å². The molecule has 0 aliphatic carbocycles. The third kappa shape index (κ3) is 4.19. The molecule has 33 heavy (non-hydrogen) atoms. The van der Waals surface area contributed by atoms with Crippen LogP contribution in [0.2, 0.25) is 5.02 Å². The molecule has 2 aliphatic rings. The number of fused-ring (bicyclic) bond motifs is 1. The summed E-state index contributed by atoms with van der Waals surface area (Å²) >= 11 is 6.30. The lowest BCUT2D eigenvalue weighted by Gasteiger charge is -2.22. The molecule has 10 heteroatoms. The Balaban J connectivity index is 1.36. The maximum absolute atomic E-state index is 13.0. The topological polar surface area (TPSA) is 98.6 Å². The number of rotatable bonds is 5.